The molecule has 2 saturated carbocycles. The fourth-order valence-corrected chi connectivity index (χ4v) is 11.3. The molecular weight excluding hydrogens is 184 g/mol. The van der Waals surface area contributed by atoms with Crippen molar-refractivity contribution in [3.8, 4) is 0 Å². The highest BCUT2D eigenvalue weighted by molar-refractivity contribution is 6.85. The van der Waals surface area contributed by atoms with Gasteiger partial charge in [-0.2, -0.15) is 0 Å². The number of hydrogen-bond acceptors (Lipinski definition) is 0. The Bertz CT molecular complexity index is 177. The number of rotatable bonds is 2. The molecule has 80 valence electrons. The summed E-state index contributed by atoms with van der Waals surface area (Å²) in [6.07, 6.45) is 14.5. The number of hydrogen-bond donors (Lipinski definition) is 0. The van der Waals surface area contributed by atoms with E-state index in [4.69, 9.17) is 0 Å². The van der Waals surface area contributed by atoms with Gasteiger partial charge in [-0.15, -0.1) is 0 Å². The Morgan fingerprint density at radius 3 is 1.29 bits per heavy atom. The molecule has 0 aromatic rings. The molecule has 2 aliphatic carbocycles. The summed E-state index contributed by atoms with van der Waals surface area (Å²) >= 11 is 0. The van der Waals surface area contributed by atoms with Crippen LogP contribution in [-0.4, -0.2) is 8.07 Å². The van der Waals surface area contributed by atoms with Crippen molar-refractivity contribution >= 4 is 8.07 Å². The van der Waals surface area contributed by atoms with Crippen molar-refractivity contribution in [1.82, 2.24) is 0 Å². The third kappa shape index (κ3) is 1.31. The molecule has 1 heteroatoms. The van der Waals surface area contributed by atoms with Crippen LogP contribution in [0.1, 0.15) is 57.8 Å². The van der Waals surface area contributed by atoms with E-state index >= 15 is 0 Å². The van der Waals surface area contributed by atoms with Crippen LogP contribution in [0.5, 0.6) is 0 Å². The van der Waals surface area contributed by atoms with E-state index in [0.717, 1.165) is 0 Å². The molecule has 1 saturated heterocycles. The van der Waals surface area contributed by atoms with E-state index in [0.29, 0.717) is 0 Å². The highest BCUT2D eigenvalue weighted by Crippen LogP contribution is 2.58. The molecule has 0 aromatic heterocycles. The first-order valence-electron chi connectivity index (χ1n) is 6.92. The van der Waals surface area contributed by atoms with Gasteiger partial charge in [0.05, 0.1) is 8.07 Å². The Labute approximate surface area is 89.5 Å². The summed E-state index contributed by atoms with van der Waals surface area (Å²) in [6.45, 7) is 0. The summed E-state index contributed by atoms with van der Waals surface area (Å²) in [6, 6.07) is 3.48. The van der Waals surface area contributed by atoms with Gasteiger partial charge in [-0.25, -0.2) is 0 Å². The van der Waals surface area contributed by atoms with Gasteiger partial charge in [0.25, 0.3) is 0 Å². The molecule has 0 spiro atoms. The van der Waals surface area contributed by atoms with Gasteiger partial charge in [-0.3, -0.25) is 0 Å². The Morgan fingerprint density at radius 2 is 1.00 bits per heavy atom. The summed E-state index contributed by atoms with van der Waals surface area (Å²) in [5.41, 5.74) is 2.58. The molecular formula is C13H24Si. The Kier molecular flexibility index (Phi) is 2.47. The molecule has 14 heavy (non-hydrogen) atoms. The van der Waals surface area contributed by atoms with Crippen LogP contribution in [0.2, 0.25) is 23.2 Å². The zero-order valence-electron chi connectivity index (χ0n) is 9.43. The minimum atomic E-state index is -0.677. The van der Waals surface area contributed by atoms with Gasteiger partial charge < -0.3 is 0 Å². The standard InChI is InChI=1S/C13H24Si/c1-2-7-12(6-1)14(10-5-11-14)13-8-3-4-9-13/h12-13H,1-11H2. The molecule has 3 rings (SSSR count). The van der Waals surface area contributed by atoms with Crippen molar-refractivity contribution in [1.29, 1.82) is 0 Å². The zero-order valence-corrected chi connectivity index (χ0v) is 10.4. The van der Waals surface area contributed by atoms with Crippen LogP contribution in [0.3, 0.4) is 0 Å². The molecule has 0 aromatic carbocycles. The molecule has 0 amide bonds. The van der Waals surface area contributed by atoms with Crippen LogP contribution in [0.15, 0.2) is 0 Å². The lowest BCUT2D eigenvalue weighted by Crippen LogP contribution is -2.49. The average Bonchev–Trinajstić information content (AvgIpc) is 2.71. The van der Waals surface area contributed by atoms with Crippen LogP contribution in [0.4, 0.5) is 0 Å². The molecule has 3 aliphatic rings. The fraction of sp³-hybridized carbons (Fsp3) is 1.00. The van der Waals surface area contributed by atoms with Crippen LogP contribution in [0, 0.1) is 0 Å². The van der Waals surface area contributed by atoms with E-state index < -0.39 is 8.07 Å². The fourth-order valence-electron chi connectivity index (χ4n) is 4.74. The first-order chi connectivity index (χ1) is 6.92. The van der Waals surface area contributed by atoms with Crippen molar-refractivity contribution in [3.05, 3.63) is 0 Å². The van der Waals surface area contributed by atoms with Crippen LogP contribution >= 0.6 is 0 Å². The summed E-state index contributed by atoms with van der Waals surface area (Å²) in [4.78, 5) is 0. The third-order valence-corrected chi connectivity index (χ3v) is 12.6. The van der Waals surface area contributed by atoms with E-state index in [2.05, 4.69) is 0 Å². The summed E-state index contributed by atoms with van der Waals surface area (Å²) in [7, 11) is -0.677. The average molecular weight is 208 g/mol. The highest BCUT2D eigenvalue weighted by Gasteiger charge is 2.51. The molecule has 3 fully saturated rings. The van der Waals surface area contributed by atoms with E-state index in [1.165, 1.54) is 11.1 Å². The summed E-state index contributed by atoms with van der Waals surface area (Å²) in [5.74, 6) is 0. The lowest BCUT2D eigenvalue weighted by molar-refractivity contribution is 0.668. The summed E-state index contributed by atoms with van der Waals surface area (Å²) in [5, 5.41) is 0. The largest absolute Gasteiger partial charge is 0.0597 e. The van der Waals surface area contributed by atoms with Crippen molar-refractivity contribution in [2.45, 2.75) is 81.0 Å². The second-order valence-corrected chi connectivity index (χ2v) is 11.1. The van der Waals surface area contributed by atoms with E-state index in [1.807, 2.05) is 0 Å². The smallest absolute Gasteiger partial charge is 0.0580 e. The normalized spacial score (nSPS) is 33.4. The van der Waals surface area contributed by atoms with Crippen molar-refractivity contribution < 1.29 is 0 Å². The highest BCUT2D eigenvalue weighted by atomic mass is 28.3. The maximum atomic E-state index is 1.74. The molecule has 0 radical (unpaired) electrons. The minimum Gasteiger partial charge on any atom is -0.0580 e. The second kappa shape index (κ2) is 3.66. The van der Waals surface area contributed by atoms with Crippen molar-refractivity contribution in [2.24, 2.45) is 0 Å². The maximum Gasteiger partial charge on any atom is 0.0597 e. The van der Waals surface area contributed by atoms with E-state index in [1.54, 1.807) is 69.9 Å². The van der Waals surface area contributed by atoms with Crippen LogP contribution in [0.25, 0.3) is 0 Å². The molecule has 0 unspecified atom stereocenters. The van der Waals surface area contributed by atoms with Gasteiger partial charge in [0.1, 0.15) is 0 Å². The molecule has 0 atom stereocenters. The lowest BCUT2D eigenvalue weighted by atomic mass is 10.3. The van der Waals surface area contributed by atoms with Gasteiger partial charge in [-0.1, -0.05) is 69.9 Å². The molecule has 1 heterocycles. The zero-order chi connectivity index (χ0) is 9.43. The van der Waals surface area contributed by atoms with Crippen LogP contribution in [-0.2, 0) is 0 Å². The van der Waals surface area contributed by atoms with Gasteiger partial charge in [0.15, 0.2) is 0 Å². The maximum absolute atomic E-state index is 1.74. The predicted octanol–water partition coefficient (Wildman–Crippen LogP) is 4.73. The van der Waals surface area contributed by atoms with Gasteiger partial charge >= 0.3 is 0 Å². The van der Waals surface area contributed by atoms with Gasteiger partial charge in [0.2, 0.25) is 0 Å². The summed E-state index contributed by atoms with van der Waals surface area (Å²) < 4.78 is 0. The van der Waals surface area contributed by atoms with E-state index in [9.17, 15) is 0 Å². The van der Waals surface area contributed by atoms with E-state index in [-0.39, 0.29) is 0 Å². The predicted molar refractivity (Wildman–Crippen MR) is 64.4 cm³/mol. The molecule has 0 N–H and O–H groups in total. The Hall–Kier alpha value is 0.217. The first-order valence-corrected chi connectivity index (χ1v) is 9.49. The Morgan fingerprint density at radius 1 is 0.571 bits per heavy atom. The topological polar surface area (TPSA) is 0 Å². The van der Waals surface area contributed by atoms with Gasteiger partial charge in [-0.05, 0) is 11.1 Å². The molecule has 0 bridgehead atoms. The van der Waals surface area contributed by atoms with Crippen molar-refractivity contribution in [3.63, 3.8) is 0 Å². The Balaban J connectivity index is 1.75. The third-order valence-electron chi connectivity index (χ3n) is 5.62. The lowest BCUT2D eigenvalue weighted by Gasteiger charge is -2.49. The SMILES string of the molecule is C1CCC([Si]2(C3CCCC3)CCC2)C1. The molecule has 1 aliphatic heterocycles. The minimum absolute atomic E-state index is 0.677. The van der Waals surface area contributed by atoms with Crippen LogP contribution < -0.4 is 0 Å². The quantitative estimate of drug-likeness (QED) is 0.576. The first kappa shape index (κ1) is 9.44. The molecule has 0 nitrogen and oxygen atoms in total. The van der Waals surface area contributed by atoms with Gasteiger partial charge in [0, 0.05) is 0 Å². The van der Waals surface area contributed by atoms with Crippen molar-refractivity contribution in [2.75, 3.05) is 0 Å². The monoisotopic (exact) mass is 208 g/mol. The second-order valence-electron chi connectivity index (χ2n) is 6.05.